The molecular weight excluding hydrogens is 268 g/mol. The van der Waals surface area contributed by atoms with Gasteiger partial charge in [0.05, 0.1) is 12.6 Å². The molecule has 108 valence electrons. The van der Waals surface area contributed by atoms with Crippen LogP contribution in [0, 0.1) is 5.92 Å². The average Bonchev–Trinajstić information content (AvgIpc) is 2.98. The Morgan fingerprint density at radius 2 is 1.95 bits per heavy atom. The van der Waals surface area contributed by atoms with Gasteiger partial charge in [0.2, 0.25) is 0 Å². The molecule has 20 heavy (non-hydrogen) atoms. The van der Waals surface area contributed by atoms with Crippen LogP contribution in [0.4, 0.5) is 0 Å². The van der Waals surface area contributed by atoms with E-state index in [0.717, 1.165) is 23.9 Å². The fraction of sp³-hybridized carbons (Fsp3) is 0.438. The van der Waals surface area contributed by atoms with E-state index >= 15 is 0 Å². The molecule has 0 radical (unpaired) electrons. The molecule has 1 heterocycles. The summed E-state index contributed by atoms with van der Waals surface area (Å²) >= 11 is 1.68. The summed E-state index contributed by atoms with van der Waals surface area (Å²) in [5.41, 5.74) is 1.25. The molecule has 3 nitrogen and oxygen atoms in total. The lowest BCUT2D eigenvalue weighted by Gasteiger charge is -2.12. The lowest BCUT2D eigenvalue weighted by atomic mass is 10.2. The molecule has 0 fully saturated rings. The summed E-state index contributed by atoms with van der Waals surface area (Å²) < 4.78 is 5.68. The maximum Gasteiger partial charge on any atom is 0.119 e. The Hall–Kier alpha value is -1.39. The number of ether oxygens (including phenoxy) is 1. The van der Waals surface area contributed by atoms with E-state index in [9.17, 15) is 0 Å². The van der Waals surface area contributed by atoms with Crippen LogP contribution >= 0.6 is 11.3 Å². The van der Waals surface area contributed by atoms with E-state index in [1.165, 1.54) is 5.56 Å². The molecule has 0 saturated heterocycles. The standard InChI is InChI=1S/C16H22N2OS/c1-12(2)11-19-15-6-4-14(5-7-15)10-18-13(3)16-17-8-9-20-16/h4-9,12-13,18H,10-11H2,1-3H3/t13-/m0/s1. The predicted octanol–water partition coefficient (Wildman–Crippen LogP) is 4.03. The van der Waals surface area contributed by atoms with Crippen molar-refractivity contribution in [1.82, 2.24) is 10.3 Å². The van der Waals surface area contributed by atoms with Crippen molar-refractivity contribution >= 4 is 11.3 Å². The lowest BCUT2D eigenvalue weighted by molar-refractivity contribution is 0.271. The largest absolute Gasteiger partial charge is 0.493 e. The van der Waals surface area contributed by atoms with Crippen LogP contribution in [0.2, 0.25) is 0 Å². The van der Waals surface area contributed by atoms with Crippen LogP contribution in [-0.2, 0) is 6.54 Å². The number of rotatable bonds is 7. The smallest absolute Gasteiger partial charge is 0.119 e. The molecule has 1 atom stereocenters. The third-order valence-electron chi connectivity index (χ3n) is 2.94. The molecule has 1 N–H and O–H groups in total. The monoisotopic (exact) mass is 290 g/mol. The average molecular weight is 290 g/mol. The fourth-order valence-corrected chi connectivity index (χ4v) is 2.44. The number of hydrogen-bond acceptors (Lipinski definition) is 4. The Morgan fingerprint density at radius 1 is 1.20 bits per heavy atom. The molecule has 2 rings (SSSR count). The van der Waals surface area contributed by atoms with Crippen molar-refractivity contribution in [1.29, 1.82) is 0 Å². The zero-order valence-corrected chi connectivity index (χ0v) is 13.1. The van der Waals surface area contributed by atoms with Gasteiger partial charge in [0.1, 0.15) is 10.8 Å². The molecule has 0 bridgehead atoms. The number of benzene rings is 1. The third-order valence-corrected chi connectivity index (χ3v) is 3.90. The van der Waals surface area contributed by atoms with Crippen LogP contribution in [-0.4, -0.2) is 11.6 Å². The van der Waals surface area contributed by atoms with E-state index < -0.39 is 0 Å². The second-order valence-corrected chi connectivity index (χ2v) is 6.25. The highest BCUT2D eigenvalue weighted by Crippen LogP contribution is 2.17. The van der Waals surface area contributed by atoms with Crippen LogP contribution in [0.15, 0.2) is 35.8 Å². The molecule has 0 aliphatic rings. The molecule has 1 aromatic heterocycles. The van der Waals surface area contributed by atoms with E-state index in [-0.39, 0.29) is 6.04 Å². The Kier molecular flexibility index (Phi) is 5.56. The molecule has 0 amide bonds. The summed E-state index contributed by atoms with van der Waals surface area (Å²) in [7, 11) is 0. The van der Waals surface area contributed by atoms with E-state index in [1.54, 1.807) is 11.3 Å². The maximum absolute atomic E-state index is 5.68. The highest BCUT2D eigenvalue weighted by Gasteiger charge is 2.07. The molecule has 0 spiro atoms. The van der Waals surface area contributed by atoms with Gasteiger partial charge in [0.15, 0.2) is 0 Å². The van der Waals surface area contributed by atoms with Crippen molar-refractivity contribution in [2.75, 3.05) is 6.61 Å². The molecule has 0 aliphatic carbocycles. The van der Waals surface area contributed by atoms with Gasteiger partial charge in [-0.15, -0.1) is 11.3 Å². The van der Waals surface area contributed by atoms with Crippen LogP contribution in [0.25, 0.3) is 0 Å². The van der Waals surface area contributed by atoms with Crippen LogP contribution in [0.3, 0.4) is 0 Å². The van der Waals surface area contributed by atoms with Gasteiger partial charge in [-0.3, -0.25) is 0 Å². The first kappa shape index (κ1) is 15.0. The van der Waals surface area contributed by atoms with E-state index in [4.69, 9.17) is 4.74 Å². The van der Waals surface area contributed by atoms with Crippen molar-refractivity contribution < 1.29 is 4.74 Å². The number of nitrogens with one attached hydrogen (secondary N) is 1. The highest BCUT2D eigenvalue weighted by atomic mass is 32.1. The van der Waals surface area contributed by atoms with Gasteiger partial charge in [0, 0.05) is 18.1 Å². The summed E-state index contributed by atoms with van der Waals surface area (Å²) in [5.74, 6) is 1.49. The van der Waals surface area contributed by atoms with Gasteiger partial charge >= 0.3 is 0 Å². The molecule has 0 saturated carbocycles. The van der Waals surface area contributed by atoms with Gasteiger partial charge in [-0.05, 0) is 30.5 Å². The minimum absolute atomic E-state index is 0.284. The van der Waals surface area contributed by atoms with E-state index in [0.29, 0.717) is 5.92 Å². The molecule has 0 unspecified atom stereocenters. The molecule has 2 aromatic rings. The van der Waals surface area contributed by atoms with Gasteiger partial charge in [-0.1, -0.05) is 26.0 Å². The Bertz CT molecular complexity index is 494. The zero-order valence-electron chi connectivity index (χ0n) is 12.3. The Balaban J connectivity index is 1.81. The summed E-state index contributed by atoms with van der Waals surface area (Å²) in [6.45, 7) is 8.04. The van der Waals surface area contributed by atoms with Crippen molar-refractivity contribution in [2.45, 2.75) is 33.4 Å². The van der Waals surface area contributed by atoms with Crippen LogP contribution < -0.4 is 10.1 Å². The van der Waals surface area contributed by atoms with Gasteiger partial charge in [0.25, 0.3) is 0 Å². The zero-order chi connectivity index (χ0) is 14.4. The van der Waals surface area contributed by atoms with E-state index in [2.05, 4.69) is 43.2 Å². The second kappa shape index (κ2) is 7.41. The Morgan fingerprint density at radius 3 is 2.55 bits per heavy atom. The minimum atomic E-state index is 0.284. The quantitative estimate of drug-likeness (QED) is 0.836. The minimum Gasteiger partial charge on any atom is -0.493 e. The summed E-state index contributed by atoms with van der Waals surface area (Å²) in [6, 6.07) is 8.57. The second-order valence-electron chi connectivity index (χ2n) is 5.32. The number of aromatic nitrogens is 1. The van der Waals surface area contributed by atoms with Crippen LogP contribution in [0.5, 0.6) is 5.75 Å². The van der Waals surface area contributed by atoms with Crippen LogP contribution in [0.1, 0.15) is 37.4 Å². The molecule has 4 heteroatoms. The predicted molar refractivity (Wildman–Crippen MR) is 84.1 cm³/mol. The van der Waals surface area contributed by atoms with Crippen molar-refractivity contribution in [3.05, 3.63) is 46.4 Å². The first-order valence-electron chi connectivity index (χ1n) is 6.99. The maximum atomic E-state index is 5.68. The normalized spacial score (nSPS) is 12.6. The highest BCUT2D eigenvalue weighted by molar-refractivity contribution is 7.09. The number of thiazole rings is 1. The SMILES string of the molecule is CC(C)COc1ccc(CN[C@@H](C)c2nccs2)cc1. The molecule has 1 aromatic carbocycles. The Labute approximate surface area is 125 Å². The molecule has 0 aliphatic heterocycles. The molecular formula is C16H22N2OS. The number of nitrogens with zero attached hydrogens (tertiary/aromatic N) is 1. The topological polar surface area (TPSA) is 34.1 Å². The fourth-order valence-electron chi connectivity index (χ4n) is 1.77. The third kappa shape index (κ3) is 4.62. The first-order chi connectivity index (χ1) is 9.65. The number of hydrogen-bond donors (Lipinski definition) is 1. The van der Waals surface area contributed by atoms with Gasteiger partial charge in [-0.2, -0.15) is 0 Å². The summed E-state index contributed by atoms with van der Waals surface area (Å²) in [4.78, 5) is 4.32. The lowest BCUT2D eigenvalue weighted by Crippen LogP contribution is -2.17. The van der Waals surface area contributed by atoms with Crippen molar-refractivity contribution in [3.63, 3.8) is 0 Å². The van der Waals surface area contributed by atoms with Crippen molar-refractivity contribution in [2.24, 2.45) is 5.92 Å². The van der Waals surface area contributed by atoms with Gasteiger partial charge in [-0.25, -0.2) is 4.98 Å². The summed E-state index contributed by atoms with van der Waals surface area (Å²) in [6.07, 6.45) is 1.85. The van der Waals surface area contributed by atoms with E-state index in [1.807, 2.05) is 23.7 Å². The first-order valence-corrected chi connectivity index (χ1v) is 7.87. The van der Waals surface area contributed by atoms with Gasteiger partial charge < -0.3 is 10.1 Å². The van der Waals surface area contributed by atoms with Crippen molar-refractivity contribution in [3.8, 4) is 5.75 Å². The summed E-state index contributed by atoms with van der Waals surface area (Å²) in [5, 5.41) is 6.61.